The first-order chi connectivity index (χ1) is 11.1. The molecular formula is C16H22ClN5O. The van der Waals surface area contributed by atoms with Crippen molar-refractivity contribution < 1.29 is 4.74 Å². The van der Waals surface area contributed by atoms with Crippen molar-refractivity contribution in [2.45, 2.75) is 25.8 Å². The van der Waals surface area contributed by atoms with Crippen LogP contribution < -0.4 is 4.74 Å². The highest BCUT2D eigenvalue weighted by Gasteiger charge is 2.27. The fraction of sp³-hybridized carbons (Fsp3) is 0.562. The quantitative estimate of drug-likeness (QED) is 0.841. The van der Waals surface area contributed by atoms with Gasteiger partial charge in [-0.3, -0.25) is 4.90 Å². The normalized spacial score (nSPS) is 20.4. The number of benzene rings is 1. The number of nitrogens with zero attached hydrogens (tertiary/aromatic N) is 5. The Morgan fingerprint density at radius 3 is 2.96 bits per heavy atom. The number of likely N-dealkylation sites (tertiary alicyclic amines) is 1. The Hall–Kier alpha value is -1.66. The molecule has 1 aliphatic heterocycles. The third kappa shape index (κ3) is 3.82. The molecule has 1 aliphatic rings. The number of aryl methyl sites for hydroxylation is 1. The van der Waals surface area contributed by atoms with Crippen LogP contribution in [-0.2, 0) is 7.05 Å². The number of tetrazole rings is 1. The van der Waals surface area contributed by atoms with E-state index in [0.29, 0.717) is 17.5 Å². The number of ether oxygens (including phenoxy) is 1. The predicted molar refractivity (Wildman–Crippen MR) is 88.5 cm³/mol. The van der Waals surface area contributed by atoms with Crippen LogP contribution in [0.25, 0.3) is 0 Å². The predicted octanol–water partition coefficient (Wildman–Crippen LogP) is 2.72. The molecule has 0 N–H and O–H groups in total. The second-order valence-corrected chi connectivity index (χ2v) is 6.49. The average molecular weight is 336 g/mol. The van der Waals surface area contributed by atoms with Crippen molar-refractivity contribution in [3.05, 3.63) is 35.1 Å². The van der Waals surface area contributed by atoms with Gasteiger partial charge in [0.1, 0.15) is 5.75 Å². The molecule has 2 unspecified atom stereocenters. The molecule has 0 radical (unpaired) electrons. The molecule has 2 atom stereocenters. The van der Waals surface area contributed by atoms with Gasteiger partial charge in [0.2, 0.25) is 0 Å². The van der Waals surface area contributed by atoms with Crippen molar-refractivity contribution in [1.29, 1.82) is 0 Å². The summed E-state index contributed by atoms with van der Waals surface area (Å²) in [5.74, 6) is 2.15. The molecule has 0 amide bonds. The van der Waals surface area contributed by atoms with Gasteiger partial charge in [0.05, 0.1) is 17.7 Å². The molecule has 124 valence electrons. The molecule has 0 saturated carbocycles. The largest absolute Gasteiger partial charge is 0.492 e. The van der Waals surface area contributed by atoms with Crippen molar-refractivity contribution in [2.75, 3.05) is 19.7 Å². The van der Waals surface area contributed by atoms with Crippen LogP contribution in [0.3, 0.4) is 0 Å². The minimum atomic E-state index is 0.207. The molecule has 0 aliphatic carbocycles. The van der Waals surface area contributed by atoms with Crippen LogP contribution >= 0.6 is 11.6 Å². The van der Waals surface area contributed by atoms with Crippen molar-refractivity contribution >= 4 is 11.6 Å². The second kappa shape index (κ2) is 7.27. The van der Waals surface area contributed by atoms with E-state index < -0.39 is 0 Å². The smallest absolute Gasteiger partial charge is 0.167 e. The Balaban J connectivity index is 1.58. The highest BCUT2D eigenvalue weighted by atomic mass is 35.5. The maximum atomic E-state index is 6.15. The van der Waals surface area contributed by atoms with Gasteiger partial charge in [-0.05, 0) is 48.9 Å². The summed E-state index contributed by atoms with van der Waals surface area (Å²) in [4.78, 5) is 2.43. The van der Waals surface area contributed by atoms with Gasteiger partial charge in [0, 0.05) is 19.5 Å². The van der Waals surface area contributed by atoms with E-state index in [4.69, 9.17) is 16.3 Å². The third-order valence-electron chi connectivity index (χ3n) is 4.44. The number of hydrogen-bond donors (Lipinski definition) is 0. The molecule has 6 nitrogen and oxygen atoms in total. The van der Waals surface area contributed by atoms with E-state index in [1.54, 1.807) is 4.68 Å². The molecule has 3 rings (SSSR count). The maximum absolute atomic E-state index is 6.15. The van der Waals surface area contributed by atoms with E-state index in [-0.39, 0.29) is 6.04 Å². The zero-order valence-corrected chi connectivity index (χ0v) is 14.3. The molecule has 2 aromatic rings. The van der Waals surface area contributed by atoms with Gasteiger partial charge in [-0.15, -0.1) is 5.10 Å². The van der Waals surface area contributed by atoms with E-state index in [1.165, 1.54) is 6.42 Å². The standard InChI is InChI=1S/C16H22ClN5O/c1-12(16-18-19-20-21(16)2)22-9-5-6-13(10-22)11-23-15-8-4-3-7-14(15)17/h3-4,7-8,12-13H,5-6,9-11H2,1-2H3. The summed E-state index contributed by atoms with van der Waals surface area (Å²) in [5, 5.41) is 12.5. The Labute approximate surface area is 141 Å². The lowest BCUT2D eigenvalue weighted by Crippen LogP contribution is -2.40. The van der Waals surface area contributed by atoms with E-state index in [2.05, 4.69) is 27.3 Å². The molecule has 0 bridgehead atoms. The topological polar surface area (TPSA) is 56.1 Å². The summed E-state index contributed by atoms with van der Waals surface area (Å²) in [6.45, 7) is 4.89. The Morgan fingerprint density at radius 1 is 1.39 bits per heavy atom. The fourth-order valence-electron chi connectivity index (χ4n) is 3.11. The van der Waals surface area contributed by atoms with Gasteiger partial charge in [-0.2, -0.15) is 0 Å². The number of para-hydroxylation sites is 1. The minimum Gasteiger partial charge on any atom is -0.492 e. The first-order valence-electron chi connectivity index (χ1n) is 7.98. The molecular weight excluding hydrogens is 314 g/mol. The fourth-order valence-corrected chi connectivity index (χ4v) is 3.30. The SMILES string of the molecule is CC(c1nnnn1C)N1CCCC(COc2ccccc2Cl)C1. The Bertz CT molecular complexity index is 647. The number of piperidine rings is 1. The summed E-state index contributed by atoms with van der Waals surface area (Å²) in [5.41, 5.74) is 0. The van der Waals surface area contributed by atoms with Gasteiger partial charge in [-0.1, -0.05) is 23.7 Å². The first-order valence-corrected chi connectivity index (χ1v) is 8.36. The van der Waals surface area contributed by atoms with Crippen molar-refractivity contribution in [3.63, 3.8) is 0 Å². The van der Waals surface area contributed by atoms with Crippen LogP contribution in [0.1, 0.15) is 31.6 Å². The molecule has 7 heteroatoms. The summed E-state index contributed by atoms with van der Waals surface area (Å²) in [6.07, 6.45) is 2.33. The first kappa shape index (κ1) is 16.2. The van der Waals surface area contributed by atoms with E-state index in [9.17, 15) is 0 Å². The van der Waals surface area contributed by atoms with Crippen LogP contribution in [0.2, 0.25) is 5.02 Å². The third-order valence-corrected chi connectivity index (χ3v) is 4.75. The average Bonchev–Trinajstić information content (AvgIpc) is 3.00. The van der Waals surface area contributed by atoms with Crippen LogP contribution in [0.5, 0.6) is 5.75 Å². The van der Waals surface area contributed by atoms with E-state index in [1.807, 2.05) is 31.3 Å². The van der Waals surface area contributed by atoms with Gasteiger partial charge >= 0.3 is 0 Å². The number of rotatable bonds is 5. The van der Waals surface area contributed by atoms with Crippen molar-refractivity contribution in [1.82, 2.24) is 25.1 Å². The van der Waals surface area contributed by atoms with Gasteiger partial charge in [0.25, 0.3) is 0 Å². The molecule has 2 heterocycles. The van der Waals surface area contributed by atoms with E-state index in [0.717, 1.165) is 31.1 Å². The molecule has 0 spiro atoms. The lowest BCUT2D eigenvalue weighted by atomic mass is 9.97. The Kier molecular flexibility index (Phi) is 5.13. The van der Waals surface area contributed by atoms with Crippen molar-refractivity contribution in [3.8, 4) is 5.75 Å². The summed E-state index contributed by atoms with van der Waals surface area (Å²) in [7, 11) is 1.88. The summed E-state index contributed by atoms with van der Waals surface area (Å²) < 4.78 is 7.66. The molecule has 1 aromatic heterocycles. The lowest BCUT2D eigenvalue weighted by Gasteiger charge is -2.35. The number of halogens is 1. The number of aromatic nitrogens is 4. The zero-order valence-electron chi connectivity index (χ0n) is 13.5. The Morgan fingerprint density at radius 2 is 2.22 bits per heavy atom. The maximum Gasteiger partial charge on any atom is 0.167 e. The molecule has 23 heavy (non-hydrogen) atoms. The van der Waals surface area contributed by atoms with Crippen LogP contribution in [0.4, 0.5) is 0 Å². The highest BCUT2D eigenvalue weighted by molar-refractivity contribution is 6.32. The summed E-state index contributed by atoms with van der Waals surface area (Å²) >= 11 is 6.15. The van der Waals surface area contributed by atoms with Crippen LogP contribution in [-0.4, -0.2) is 44.8 Å². The van der Waals surface area contributed by atoms with Crippen LogP contribution in [0, 0.1) is 5.92 Å². The molecule has 1 saturated heterocycles. The van der Waals surface area contributed by atoms with E-state index >= 15 is 0 Å². The monoisotopic (exact) mass is 335 g/mol. The minimum absolute atomic E-state index is 0.207. The second-order valence-electron chi connectivity index (χ2n) is 6.08. The molecule has 1 fully saturated rings. The number of hydrogen-bond acceptors (Lipinski definition) is 5. The van der Waals surface area contributed by atoms with Gasteiger partial charge in [0.15, 0.2) is 5.82 Å². The zero-order chi connectivity index (χ0) is 16.2. The van der Waals surface area contributed by atoms with Gasteiger partial charge in [-0.25, -0.2) is 4.68 Å². The van der Waals surface area contributed by atoms with Gasteiger partial charge < -0.3 is 4.74 Å². The molecule has 1 aromatic carbocycles. The lowest BCUT2D eigenvalue weighted by molar-refractivity contribution is 0.0961. The summed E-state index contributed by atoms with van der Waals surface area (Å²) in [6, 6.07) is 7.83. The highest BCUT2D eigenvalue weighted by Crippen LogP contribution is 2.27. The van der Waals surface area contributed by atoms with Crippen LogP contribution in [0.15, 0.2) is 24.3 Å². The van der Waals surface area contributed by atoms with Crippen molar-refractivity contribution in [2.24, 2.45) is 13.0 Å².